The van der Waals surface area contributed by atoms with Crippen molar-refractivity contribution in [3.8, 4) is 17.2 Å². The van der Waals surface area contributed by atoms with E-state index in [9.17, 15) is 4.39 Å². The average Bonchev–Trinajstić information content (AvgIpc) is 2.80. The summed E-state index contributed by atoms with van der Waals surface area (Å²) in [5.41, 5.74) is 1.31. The van der Waals surface area contributed by atoms with Gasteiger partial charge in [-0.15, -0.1) is 0 Å². The largest absolute Gasteiger partial charge is 0.486 e. The first-order valence-corrected chi connectivity index (χ1v) is 9.55. The second-order valence-corrected chi connectivity index (χ2v) is 6.54. The van der Waals surface area contributed by atoms with Crippen molar-refractivity contribution in [2.45, 2.75) is 0 Å². The van der Waals surface area contributed by atoms with Gasteiger partial charge in [-0.1, -0.05) is 0 Å². The Morgan fingerprint density at radius 1 is 1.06 bits per heavy atom. The predicted octanol–water partition coefficient (Wildman–Crippen LogP) is 3.45. The van der Waals surface area contributed by atoms with Crippen molar-refractivity contribution < 1.29 is 18.6 Å². The van der Waals surface area contributed by atoms with Gasteiger partial charge in [-0.3, -0.25) is 5.41 Å². The number of fused-ring (bicyclic) bond motifs is 1. The van der Waals surface area contributed by atoms with Crippen LogP contribution in [0.3, 0.4) is 0 Å². The third kappa shape index (κ3) is 5.10. The van der Waals surface area contributed by atoms with Gasteiger partial charge in [-0.2, -0.15) is 4.98 Å². The number of anilines is 4. The summed E-state index contributed by atoms with van der Waals surface area (Å²) in [6.45, 7) is 1.14. The van der Waals surface area contributed by atoms with E-state index in [0.717, 1.165) is 6.20 Å². The predicted molar refractivity (Wildman–Crippen MR) is 115 cm³/mol. The fourth-order valence-electron chi connectivity index (χ4n) is 2.76. The molecule has 0 bridgehead atoms. The Hall–Kier alpha value is -4.08. The molecule has 0 unspecified atom stereocenters. The van der Waals surface area contributed by atoms with Gasteiger partial charge in [0.25, 0.3) is 0 Å². The summed E-state index contributed by atoms with van der Waals surface area (Å²) in [6, 6.07) is 12.3. The number of rotatable bonds is 7. The summed E-state index contributed by atoms with van der Waals surface area (Å²) in [4.78, 5) is 8.22. The highest BCUT2D eigenvalue weighted by Gasteiger charge is 2.13. The van der Waals surface area contributed by atoms with Crippen LogP contribution < -0.4 is 30.2 Å². The molecule has 0 fully saturated rings. The minimum atomic E-state index is -0.587. The number of halogens is 1. The third-order valence-electron chi connectivity index (χ3n) is 4.34. The summed E-state index contributed by atoms with van der Waals surface area (Å²) in [6.07, 6.45) is 1.09. The van der Waals surface area contributed by atoms with Crippen LogP contribution in [0.25, 0.3) is 0 Å². The van der Waals surface area contributed by atoms with Gasteiger partial charge in [0.2, 0.25) is 5.95 Å². The molecule has 2 heterocycles. The number of aromatic nitrogens is 2. The summed E-state index contributed by atoms with van der Waals surface area (Å²) in [7, 11) is 1.66. The number of amidine groups is 1. The van der Waals surface area contributed by atoms with Crippen molar-refractivity contribution in [1.29, 1.82) is 5.41 Å². The normalized spacial score (nSPS) is 12.1. The van der Waals surface area contributed by atoms with Gasteiger partial charge in [0.15, 0.2) is 23.1 Å². The van der Waals surface area contributed by atoms with Gasteiger partial charge in [0, 0.05) is 24.5 Å². The molecule has 0 saturated carbocycles. The van der Waals surface area contributed by atoms with Gasteiger partial charge >= 0.3 is 0 Å². The molecular weight excluding hydrogens is 403 g/mol. The van der Waals surface area contributed by atoms with Crippen LogP contribution in [-0.2, 0) is 0 Å². The lowest BCUT2D eigenvalue weighted by Gasteiger charge is -2.19. The van der Waals surface area contributed by atoms with E-state index in [0.29, 0.717) is 41.8 Å². The number of hydrogen-bond acceptors (Lipinski definition) is 8. The van der Waals surface area contributed by atoms with Crippen LogP contribution in [0.5, 0.6) is 17.2 Å². The quantitative estimate of drug-likeness (QED) is 0.337. The van der Waals surface area contributed by atoms with Gasteiger partial charge in [0.1, 0.15) is 31.4 Å². The second-order valence-electron chi connectivity index (χ2n) is 6.54. The fraction of sp³-hybridized carbons (Fsp3) is 0.190. The van der Waals surface area contributed by atoms with Gasteiger partial charge in [0.05, 0.1) is 6.20 Å². The van der Waals surface area contributed by atoms with Crippen molar-refractivity contribution in [3.63, 3.8) is 0 Å². The van der Waals surface area contributed by atoms with E-state index < -0.39 is 5.82 Å². The number of hydrogen-bond donors (Lipinski definition) is 4. The van der Waals surface area contributed by atoms with Crippen LogP contribution in [-0.4, -0.2) is 42.7 Å². The molecule has 160 valence electrons. The maximum absolute atomic E-state index is 14.2. The lowest BCUT2D eigenvalue weighted by molar-refractivity contribution is 0.171. The number of nitrogens with one attached hydrogen (secondary N) is 4. The molecule has 2 aromatic carbocycles. The number of nitrogens with zero attached hydrogens (tertiary/aromatic N) is 2. The summed E-state index contributed by atoms with van der Waals surface area (Å²) in [5.74, 6) is 1.83. The first-order valence-electron chi connectivity index (χ1n) is 9.55. The van der Waals surface area contributed by atoms with Crippen LogP contribution in [0.1, 0.15) is 0 Å². The summed E-state index contributed by atoms with van der Waals surface area (Å²) < 4.78 is 30.8. The van der Waals surface area contributed by atoms with Gasteiger partial charge in [-0.05, 0) is 36.4 Å². The van der Waals surface area contributed by atoms with E-state index in [1.165, 1.54) is 0 Å². The molecule has 0 saturated heterocycles. The molecule has 4 rings (SSSR count). The van der Waals surface area contributed by atoms with Crippen molar-refractivity contribution in [2.24, 2.45) is 0 Å². The van der Waals surface area contributed by atoms with E-state index in [4.69, 9.17) is 19.6 Å². The first-order chi connectivity index (χ1) is 15.1. The number of likely N-dealkylation sites (N-methyl/N-ethyl adjacent to an activating group) is 1. The Balaban J connectivity index is 1.44. The van der Waals surface area contributed by atoms with Crippen molar-refractivity contribution >= 4 is 29.0 Å². The Kier molecular flexibility index (Phi) is 5.97. The highest BCUT2D eigenvalue weighted by Crippen LogP contribution is 2.33. The molecule has 0 radical (unpaired) electrons. The molecule has 31 heavy (non-hydrogen) atoms. The first kappa shape index (κ1) is 20.2. The van der Waals surface area contributed by atoms with Crippen molar-refractivity contribution in [2.75, 3.05) is 37.5 Å². The number of ether oxygens (including phenoxy) is 3. The molecule has 0 aliphatic carbocycles. The van der Waals surface area contributed by atoms with Crippen LogP contribution in [0, 0.1) is 11.2 Å². The molecule has 0 atom stereocenters. The Labute approximate surface area is 178 Å². The molecule has 0 amide bonds. The monoisotopic (exact) mass is 424 g/mol. The van der Waals surface area contributed by atoms with E-state index in [-0.39, 0.29) is 24.2 Å². The molecular formula is C21H21FN6O3. The Bertz CT molecular complexity index is 1080. The second kappa shape index (κ2) is 9.16. The lowest BCUT2D eigenvalue weighted by atomic mass is 10.2. The fourth-order valence-corrected chi connectivity index (χ4v) is 2.76. The smallest absolute Gasteiger partial charge is 0.229 e. The standard InChI is InChI=1S/C21H21FN6O3/c1-24-19(23)12-31-15-5-2-13(3-6-15)26-20-16(22)11-25-21(28-20)27-14-4-7-17-18(10-14)30-9-8-29-17/h2-7,10-11H,8-9,12H2,1H3,(H2,23,24)(H2,25,26,27,28). The zero-order valence-electron chi connectivity index (χ0n) is 16.7. The number of benzene rings is 2. The third-order valence-corrected chi connectivity index (χ3v) is 4.34. The highest BCUT2D eigenvalue weighted by atomic mass is 19.1. The van der Waals surface area contributed by atoms with E-state index in [2.05, 4.69) is 25.9 Å². The topological polar surface area (TPSA) is 113 Å². The van der Waals surface area contributed by atoms with Crippen LogP contribution in [0.4, 0.5) is 27.5 Å². The molecule has 1 aliphatic rings. The van der Waals surface area contributed by atoms with Crippen molar-refractivity contribution in [3.05, 3.63) is 54.5 Å². The minimum absolute atomic E-state index is 0.0284. The van der Waals surface area contributed by atoms with Crippen LogP contribution in [0.2, 0.25) is 0 Å². The molecule has 0 spiro atoms. The van der Waals surface area contributed by atoms with Crippen molar-refractivity contribution in [1.82, 2.24) is 15.3 Å². The molecule has 4 N–H and O–H groups in total. The van der Waals surface area contributed by atoms with E-state index in [1.807, 2.05) is 0 Å². The maximum Gasteiger partial charge on any atom is 0.229 e. The molecule has 10 heteroatoms. The van der Waals surface area contributed by atoms with Crippen LogP contribution in [0.15, 0.2) is 48.7 Å². The molecule has 1 aromatic heterocycles. The van der Waals surface area contributed by atoms with Gasteiger partial charge in [-0.25, -0.2) is 9.37 Å². The lowest BCUT2D eigenvalue weighted by Crippen LogP contribution is -2.24. The SMILES string of the molecule is CNC(=N)COc1ccc(Nc2nc(Nc3ccc4c(c3)OCCO4)ncc2F)cc1. The average molecular weight is 424 g/mol. The van der Waals surface area contributed by atoms with E-state index in [1.54, 1.807) is 49.5 Å². The zero-order valence-corrected chi connectivity index (χ0v) is 16.7. The zero-order chi connectivity index (χ0) is 21.6. The van der Waals surface area contributed by atoms with Gasteiger partial charge < -0.3 is 30.2 Å². The Morgan fingerprint density at radius 3 is 2.58 bits per heavy atom. The minimum Gasteiger partial charge on any atom is -0.486 e. The highest BCUT2D eigenvalue weighted by molar-refractivity contribution is 5.80. The summed E-state index contributed by atoms with van der Waals surface area (Å²) >= 11 is 0. The Morgan fingerprint density at radius 2 is 1.81 bits per heavy atom. The molecule has 1 aliphatic heterocycles. The van der Waals surface area contributed by atoms with E-state index >= 15 is 0 Å². The maximum atomic E-state index is 14.2. The summed E-state index contributed by atoms with van der Waals surface area (Å²) in [5, 5.41) is 16.2. The van der Waals surface area contributed by atoms with Crippen LogP contribution >= 0.6 is 0 Å². The molecule has 3 aromatic rings. The molecule has 9 nitrogen and oxygen atoms in total.